The molecule has 2 aromatic rings. The second-order valence-corrected chi connectivity index (χ2v) is 4.66. The normalized spacial score (nSPS) is 11.9. The number of rotatable bonds is 4. The maximum absolute atomic E-state index is 11.8. The van der Waals surface area contributed by atoms with E-state index in [1.165, 1.54) is 0 Å². The Morgan fingerprint density at radius 1 is 1.32 bits per heavy atom. The van der Waals surface area contributed by atoms with Gasteiger partial charge in [-0.15, -0.1) is 0 Å². The van der Waals surface area contributed by atoms with E-state index in [1.54, 1.807) is 30.6 Å². The van der Waals surface area contributed by atoms with Gasteiger partial charge in [0.1, 0.15) is 6.10 Å². The van der Waals surface area contributed by atoms with Gasteiger partial charge in [-0.2, -0.15) is 0 Å². The Labute approximate surface area is 117 Å². The fraction of sp³-hybridized carbons (Fsp3) is 0.200. The molecule has 0 aliphatic rings. The van der Waals surface area contributed by atoms with Gasteiger partial charge in [-0.25, -0.2) is 0 Å². The minimum absolute atomic E-state index is 0.228. The minimum atomic E-state index is -0.290. The van der Waals surface area contributed by atoms with Crippen LogP contribution in [-0.4, -0.2) is 11.0 Å². The molecule has 0 saturated heterocycles. The Kier molecular flexibility index (Phi) is 4.53. The lowest BCUT2D eigenvalue weighted by molar-refractivity contribution is -0.147. The molecule has 0 saturated carbocycles. The topological polar surface area (TPSA) is 39.2 Å². The zero-order valence-electron chi connectivity index (χ0n) is 10.5. The third kappa shape index (κ3) is 4.07. The Morgan fingerprint density at radius 2 is 2.05 bits per heavy atom. The molecule has 19 heavy (non-hydrogen) atoms. The summed E-state index contributed by atoms with van der Waals surface area (Å²) in [5.74, 6) is -0.268. The summed E-state index contributed by atoms with van der Waals surface area (Å²) in [5, 5.41) is 0.664. The predicted octanol–water partition coefficient (Wildman–Crippen LogP) is 3.58. The van der Waals surface area contributed by atoms with Crippen LogP contribution in [0.4, 0.5) is 0 Å². The molecule has 0 N–H and O–H groups in total. The van der Waals surface area contributed by atoms with Gasteiger partial charge in [-0.05, 0) is 36.2 Å². The summed E-state index contributed by atoms with van der Waals surface area (Å²) in [7, 11) is 0. The largest absolute Gasteiger partial charge is 0.458 e. The van der Waals surface area contributed by atoms with E-state index >= 15 is 0 Å². The second kappa shape index (κ2) is 6.34. The number of aromatic nitrogens is 1. The maximum Gasteiger partial charge on any atom is 0.310 e. The summed E-state index contributed by atoms with van der Waals surface area (Å²) >= 11 is 5.81. The van der Waals surface area contributed by atoms with Crippen LogP contribution in [0.2, 0.25) is 5.02 Å². The van der Waals surface area contributed by atoms with Crippen molar-refractivity contribution in [2.24, 2.45) is 0 Å². The molecule has 0 amide bonds. The molecular formula is C15H14ClNO2. The number of carbonyl (C=O) groups excluding carboxylic acids is 1. The van der Waals surface area contributed by atoms with Gasteiger partial charge in [-0.1, -0.05) is 29.8 Å². The van der Waals surface area contributed by atoms with Gasteiger partial charge in [-0.3, -0.25) is 9.78 Å². The third-order valence-corrected chi connectivity index (χ3v) is 2.97. The maximum atomic E-state index is 11.8. The number of halogens is 1. The SMILES string of the molecule is CC(OC(=O)Cc1cccnc1)c1ccc(Cl)cc1. The third-order valence-electron chi connectivity index (χ3n) is 2.72. The lowest BCUT2D eigenvalue weighted by Gasteiger charge is -2.13. The molecule has 0 bridgehead atoms. The van der Waals surface area contributed by atoms with Crippen LogP contribution in [0.5, 0.6) is 0 Å². The summed E-state index contributed by atoms with van der Waals surface area (Å²) in [5.41, 5.74) is 1.76. The highest BCUT2D eigenvalue weighted by atomic mass is 35.5. The van der Waals surface area contributed by atoms with Gasteiger partial charge >= 0.3 is 5.97 Å². The average molecular weight is 276 g/mol. The van der Waals surface area contributed by atoms with E-state index < -0.39 is 0 Å². The molecule has 1 aromatic heterocycles. The first-order valence-electron chi connectivity index (χ1n) is 5.99. The van der Waals surface area contributed by atoms with Crippen molar-refractivity contribution in [3.05, 3.63) is 64.9 Å². The smallest absolute Gasteiger partial charge is 0.310 e. The van der Waals surface area contributed by atoms with E-state index in [-0.39, 0.29) is 18.5 Å². The van der Waals surface area contributed by atoms with E-state index in [0.717, 1.165) is 11.1 Å². The zero-order chi connectivity index (χ0) is 13.7. The van der Waals surface area contributed by atoms with Gasteiger partial charge in [0.05, 0.1) is 6.42 Å². The van der Waals surface area contributed by atoms with Crippen molar-refractivity contribution in [3.63, 3.8) is 0 Å². The number of nitrogens with zero attached hydrogens (tertiary/aromatic N) is 1. The summed E-state index contributed by atoms with van der Waals surface area (Å²) < 4.78 is 5.37. The van der Waals surface area contributed by atoms with E-state index in [0.29, 0.717) is 5.02 Å². The molecule has 1 unspecified atom stereocenters. The zero-order valence-corrected chi connectivity index (χ0v) is 11.3. The summed E-state index contributed by atoms with van der Waals surface area (Å²) in [6.07, 6.45) is 3.27. The fourth-order valence-electron chi connectivity index (χ4n) is 1.71. The lowest BCUT2D eigenvalue weighted by Crippen LogP contribution is -2.11. The van der Waals surface area contributed by atoms with Crippen LogP contribution >= 0.6 is 11.6 Å². The summed E-state index contributed by atoms with van der Waals surface area (Å²) in [6, 6.07) is 10.9. The highest BCUT2D eigenvalue weighted by Gasteiger charge is 2.12. The first kappa shape index (κ1) is 13.6. The summed E-state index contributed by atoms with van der Waals surface area (Å²) in [6.45, 7) is 1.84. The lowest BCUT2D eigenvalue weighted by atomic mass is 10.1. The van der Waals surface area contributed by atoms with Crippen LogP contribution in [0.25, 0.3) is 0 Å². The molecule has 1 aromatic carbocycles. The highest BCUT2D eigenvalue weighted by Crippen LogP contribution is 2.19. The van der Waals surface area contributed by atoms with Crippen molar-refractivity contribution < 1.29 is 9.53 Å². The number of hydrogen-bond donors (Lipinski definition) is 0. The van der Waals surface area contributed by atoms with Crippen LogP contribution in [0, 0.1) is 0 Å². The van der Waals surface area contributed by atoms with Gasteiger partial charge < -0.3 is 4.74 Å². The van der Waals surface area contributed by atoms with E-state index in [2.05, 4.69) is 4.98 Å². The molecule has 0 radical (unpaired) electrons. The number of carbonyl (C=O) groups is 1. The molecule has 4 heteroatoms. The van der Waals surface area contributed by atoms with Crippen LogP contribution < -0.4 is 0 Å². The van der Waals surface area contributed by atoms with Crippen LogP contribution in [-0.2, 0) is 16.0 Å². The monoisotopic (exact) mass is 275 g/mol. The van der Waals surface area contributed by atoms with Crippen molar-refractivity contribution in [3.8, 4) is 0 Å². The Balaban J connectivity index is 1.93. The van der Waals surface area contributed by atoms with Crippen molar-refractivity contribution >= 4 is 17.6 Å². The standard InChI is InChI=1S/C15H14ClNO2/c1-11(13-4-6-14(16)7-5-13)19-15(18)9-12-3-2-8-17-10-12/h2-8,10-11H,9H2,1H3. The van der Waals surface area contributed by atoms with E-state index in [4.69, 9.17) is 16.3 Å². The van der Waals surface area contributed by atoms with E-state index in [1.807, 2.05) is 25.1 Å². The molecule has 98 valence electrons. The van der Waals surface area contributed by atoms with Gasteiger partial charge in [0.25, 0.3) is 0 Å². The first-order chi connectivity index (χ1) is 9.15. The number of hydrogen-bond acceptors (Lipinski definition) is 3. The summed E-state index contributed by atoms with van der Waals surface area (Å²) in [4.78, 5) is 15.7. The molecule has 1 atom stereocenters. The number of ether oxygens (including phenoxy) is 1. The molecule has 3 nitrogen and oxygen atoms in total. The first-order valence-corrected chi connectivity index (χ1v) is 6.37. The van der Waals surface area contributed by atoms with Gasteiger partial charge in [0.2, 0.25) is 0 Å². The molecule has 0 aliphatic heterocycles. The van der Waals surface area contributed by atoms with Crippen molar-refractivity contribution in [2.45, 2.75) is 19.4 Å². The molecular weight excluding hydrogens is 262 g/mol. The average Bonchev–Trinajstić information content (AvgIpc) is 2.40. The number of benzene rings is 1. The van der Waals surface area contributed by atoms with Crippen LogP contribution in [0.15, 0.2) is 48.8 Å². The van der Waals surface area contributed by atoms with Gasteiger partial charge in [0.15, 0.2) is 0 Å². The Morgan fingerprint density at radius 3 is 2.68 bits per heavy atom. The second-order valence-electron chi connectivity index (χ2n) is 4.22. The molecule has 2 rings (SSSR count). The van der Waals surface area contributed by atoms with E-state index in [9.17, 15) is 4.79 Å². The predicted molar refractivity (Wildman–Crippen MR) is 73.9 cm³/mol. The highest BCUT2D eigenvalue weighted by molar-refractivity contribution is 6.30. The molecule has 1 heterocycles. The quantitative estimate of drug-likeness (QED) is 0.801. The van der Waals surface area contributed by atoms with Crippen molar-refractivity contribution in [1.82, 2.24) is 4.98 Å². The molecule has 0 spiro atoms. The van der Waals surface area contributed by atoms with Gasteiger partial charge in [0, 0.05) is 17.4 Å². The minimum Gasteiger partial charge on any atom is -0.458 e. The van der Waals surface area contributed by atoms with Crippen LogP contribution in [0.3, 0.4) is 0 Å². The molecule has 0 aliphatic carbocycles. The van der Waals surface area contributed by atoms with Crippen LogP contribution in [0.1, 0.15) is 24.2 Å². The molecule has 0 fully saturated rings. The Hall–Kier alpha value is -1.87. The van der Waals surface area contributed by atoms with Crippen molar-refractivity contribution in [2.75, 3.05) is 0 Å². The Bertz CT molecular complexity index is 540. The number of pyridine rings is 1. The van der Waals surface area contributed by atoms with Crippen molar-refractivity contribution in [1.29, 1.82) is 0 Å². The fourth-order valence-corrected chi connectivity index (χ4v) is 1.84. The number of esters is 1.